The maximum atomic E-state index is 13.0. The summed E-state index contributed by atoms with van der Waals surface area (Å²) in [6.07, 6.45) is -0.946. The van der Waals surface area contributed by atoms with Crippen LogP contribution in [-0.4, -0.2) is 42.7 Å². The van der Waals surface area contributed by atoms with Crippen LogP contribution in [0.2, 0.25) is 0 Å². The van der Waals surface area contributed by atoms with Gasteiger partial charge in [-0.25, -0.2) is 0 Å². The SMILES string of the molecule is CCn1cc(C(=O)N[C@H]2C[C@@H](O)[C@@H]2n2cccn2)c(C(F)(F)F)n1. The van der Waals surface area contributed by atoms with Gasteiger partial charge in [-0.15, -0.1) is 0 Å². The van der Waals surface area contributed by atoms with Crippen molar-refractivity contribution in [1.82, 2.24) is 24.9 Å². The summed E-state index contributed by atoms with van der Waals surface area (Å²) in [7, 11) is 0. The van der Waals surface area contributed by atoms with Gasteiger partial charge >= 0.3 is 6.18 Å². The zero-order valence-corrected chi connectivity index (χ0v) is 12.7. The van der Waals surface area contributed by atoms with Gasteiger partial charge in [0.05, 0.1) is 23.8 Å². The number of aliphatic hydroxyl groups is 1. The van der Waals surface area contributed by atoms with Crippen molar-refractivity contribution in [3.05, 3.63) is 35.9 Å². The topological polar surface area (TPSA) is 85.0 Å². The number of aliphatic hydroxyl groups excluding tert-OH is 1. The first-order valence-corrected chi connectivity index (χ1v) is 7.44. The highest BCUT2D eigenvalue weighted by Gasteiger charge is 2.44. The Labute approximate surface area is 135 Å². The molecular formula is C14H16F3N5O2. The third kappa shape index (κ3) is 2.88. The monoisotopic (exact) mass is 343 g/mol. The second-order valence-electron chi connectivity index (χ2n) is 5.60. The molecule has 0 saturated heterocycles. The summed E-state index contributed by atoms with van der Waals surface area (Å²) < 4.78 is 41.7. The average Bonchev–Trinajstić information content (AvgIpc) is 3.14. The van der Waals surface area contributed by atoms with Crippen molar-refractivity contribution in [3.8, 4) is 0 Å². The first kappa shape index (κ1) is 16.5. The van der Waals surface area contributed by atoms with E-state index in [1.165, 1.54) is 10.9 Å². The third-order valence-electron chi connectivity index (χ3n) is 4.05. The van der Waals surface area contributed by atoms with Gasteiger partial charge in [0.1, 0.15) is 0 Å². The number of nitrogens with one attached hydrogen (secondary N) is 1. The number of nitrogens with zero attached hydrogens (tertiary/aromatic N) is 4. The van der Waals surface area contributed by atoms with E-state index in [0.29, 0.717) is 0 Å². The molecule has 1 aliphatic carbocycles. The van der Waals surface area contributed by atoms with Gasteiger partial charge < -0.3 is 10.4 Å². The van der Waals surface area contributed by atoms with Crippen LogP contribution in [-0.2, 0) is 12.7 Å². The number of aryl methyl sites for hydroxylation is 1. The fourth-order valence-electron chi connectivity index (χ4n) is 2.78. The molecule has 10 heteroatoms. The number of hydrogen-bond acceptors (Lipinski definition) is 4. The second kappa shape index (κ2) is 5.93. The molecule has 0 spiro atoms. The van der Waals surface area contributed by atoms with E-state index >= 15 is 0 Å². The van der Waals surface area contributed by atoms with Crippen molar-refractivity contribution in [2.45, 2.75) is 44.3 Å². The van der Waals surface area contributed by atoms with Gasteiger partial charge in [-0.3, -0.25) is 14.2 Å². The maximum Gasteiger partial charge on any atom is 0.435 e. The molecule has 0 unspecified atom stereocenters. The Morgan fingerprint density at radius 3 is 2.79 bits per heavy atom. The van der Waals surface area contributed by atoms with Crippen LogP contribution in [0.15, 0.2) is 24.7 Å². The van der Waals surface area contributed by atoms with Crippen LogP contribution in [0.3, 0.4) is 0 Å². The Morgan fingerprint density at radius 2 is 2.25 bits per heavy atom. The Hall–Kier alpha value is -2.36. The van der Waals surface area contributed by atoms with Crippen LogP contribution in [0.4, 0.5) is 13.2 Å². The molecule has 1 fully saturated rings. The lowest BCUT2D eigenvalue weighted by atomic mass is 9.83. The van der Waals surface area contributed by atoms with E-state index in [4.69, 9.17) is 0 Å². The summed E-state index contributed by atoms with van der Waals surface area (Å²) in [6.45, 7) is 1.85. The number of alkyl halides is 3. The number of halogens is 3. The van der Waals surface area contributed by atoms with Crippen LogP contribution < -0.4 is 5.32 Å². The molecule has 3 atom stereocenters. The highest BCUT2D eigenvalue weighted by Crippen LogP contribution is 2.34. The first-order valence-electron chi connectivity index (χ1n) is 7.44. The fourth-order valence-corrected chi connectivity index (χ4v) is 2.78. The molecule has 0 bridgehead atoms. The lowest BCUT2D eigenvalue weighted by Gasteiger charge is -2.41. The molecule has 3 rings (SSSR count). The highest BCUT2D eigenvalue weighted by atomic mass is 19.4. The number of amides is 1. The molecule has 130 valence electrons. The minimum absolute atomic E-state index is 0.217. The van der Waals surface area contributed by atoms with Crippen molar-refractivity contribution in [1.29, 1.82) is 0 Å². The minimum Gasteiger partial charge on any atom is -0.391 e. The second-order valence-corrected chi connectivity index (χ2v) is 5.60. The third-order valence-corrected chi connectivity index (χ3v) is 4.05. The van der Waals surface area contributed by atoms with Gasteiger partial charge in [0.15, 0.2) is 5.69 Å². The fraction of sp³-hybridized carbons (Fsp3) is 0.500. The normalized spacial score (nSPS) is 23.8. The van der Waals surface area contributed by atoms with Crippen LogP contribution in [0.5, 0.6) is 0 Å². The van der Waals surface area contributed by atoms with Crippen molar-refractivity contribution < 1.29 is 23.1 Å². The largest absolute Gasteiger partial charge is 0.435 e. The Bertz CT molecular complexity index is 725. The molecule has 0 aliphatic heterocycles. The van der Waals surface area contributed by atoms with Gasteiger partial charge in [0.25, 0.3) is 5.91 Å². The number of hydrogen-bond donors (Lipinski definition) is 2. The predicted molar refractivity (Wildman–Crippen MR) is 76.0 cm³/mol. The van der Waals surface area contributed by atoms with Gasteiger partial charge in [-0.05, 0) is 19.4 Å². The summed E-state index contributed by atoms with van der Waals surface area (Å²) in [5.41, 5.74) is -1.73. The lowest BCUT2D eigenvalue weighted by Crippen LogP contribution is -2.56. The Balaban J connectivity index is 1.79. The van der Waals surface area contributed by atoms with E-state index in [-0.39, 0.29) is 13.0 Å². The summed E-state index contributed by atoms with van der Waals surface area (Å²) >= 11 is 0. The zero-order valence-electron chi connectivity index (χ0n) is 12.7. The van der Waals surface area contributed by atoms with Gasteiger partial charge in [-0.1, -0.05) is 0 Å². The van der Waals surface area contributed by atoms with Crippen molar-refractivity contribution in [2.75, 3.05) is 0 Å². The molecule has 1 saturated carbocycles. The smallest absolute Gasteiger partial charge is 0.391 e. The number of rotatable bonds is 4. The van der Waals surface area contributed by atoms with Gasteiger partial charge in [0, 0.05) is 25.1 Å². The van der Waals surface area contributed by atoms with E-state index in [0.717, 1.165) is 10.9 Å². The van der Waals surface area contributed by atoms with Crippen molar-refractivity contribution in [2.24, 2.45) is 0 Å². The molecular weight excluding hydrogens is 327 g/mol. The minimum atomic E-state index is -4.71. The number of carbonyl (C=O) groups is 1. The van der Waals surface area contributed by atoms with Crippen LogP contribution in [0, 0.1) is 0 Å². The molecule has 2 aromatic heterocycles. The molecule has 24 heavy (non-hydrogen) atoms. The number of aromatic nitrogens is 4. The molecule has 0 aromatic carbocycles. The predicted octanol–water partition coefficient (Wildman–Crippen LogP) is 1.22. The van der Waals surface area contributed by atoms with Crippen LogP contribution in [0.25, 0.3) is 0 Å². The lowest BCUT2D eigenvalue weighted by molar-refractivity contribution is -0.141. The Morgan fingerprint density at radius 1 is 1.50 bits per heavy atom. The van der Waals surface area contributed by atoms with Gasteiger partial charge in [-0.2, -0.15) is 23.4 Å². The highest BCUT2D eigenvalue weighted by molar-refractivity contribution is 5.95. The van der Waals surface area contributed by atoms with E-state index < -0.39 is 41.5 Å². The summed E-state index contributed by atoms with van der Waals surface area (Å²) in [6, 6.07) is 0.662. The maximum absolute atomic E-state index is 13.0. The molecule has 1 aliphatic rings. The first-order chi connectivity index (χ1) is 11.3. The number of carbonyl (C=O) groups excluding carboxylic acids is 1. The molecule has 2 N–H and O–H groups in total. The van der Waals surface area contributed by atoms with Crippen LogP contribution >= 0.6 is 0 Å². The molecule has 1 amide bonds. The van der Waals surface area contributed by atoms with Gasteiger partial charge in [0.2, 0.25) is 0 Å². The molecule has 2 aromatic rings. The van der Waals surface area contributed by atoms with Crippen LogP contribution in [0.1, 0.15) is 35.4 Å². The molecule has 7 nitrogen and oxygen atoms in total. The zero-order chi connectivity index (χ0) is 17.5. The Kier molecular flexibility index (Phi) is 4.08. The van der Waals surface area contributed by atoms with Crippen molar-refractivity contribution in [3.63, 3.8) is 0 Å². The summed E-state index contributed by atoms with van der Waals surface area (Å²) in [5, 5.41) is 19.8. The molecule has 0 radical (unpaired) electrons. The van der Waals surface area contributed by atoms with E-state index in [1.54, 1.807) is 19.2 Å². The quantitative estimate of drug-likeness (QED) is 0.874. The summed E-state index contributed by atoms with van der Waals surface area (Å²) in [4.78, 5) is 12.3. The van der Waals surface area contributed by atoms with Crippen molar-refractivity contribution >= 4 is 5.91 Å². The standard InChI is InChI=1S/C14H16F3N5O2/c1-2-21-7-8(12(20-21)14(15,16)17)13(24)19-9-6-10(23)11(9)22-5-3-4-18-22/h3-5,7,9-11,23H,2,6H2,1H3,(H,19,24)/t9-,10+,11+/m0/s1. The summed E-state index contributed by atoms with van der Waals surface area (Å²) in [5.74, 6) is -0.865. The average molecular weight is 343 g/mol. The molecule has 2 heterocycles. The van der Waals surface area contributed by atoms with E-state index in [9.17, 15) is 23.1 Å². The van der Waals surface area contributed by atoms with E-state index in [2.05, 4.69) is 15.5 Å². The van der Waals surface area contributed by atoms with E-state index in [1.807, 2.05) is 0 Å².